The first-order chi connectivity index (χ1) is 16.2. The molecular weight excluding hydrogens is 517 g/mol. The maximum atomic E-state index is 11.2. The van der Waals surface area contributed by atoms with E-state index in [1.165, 1.54) is 0 Å². The number of halogens is 1. The summed E-state index contributed by atoms with van der Waals surface area (Å²) in [5.74, 6) is 0.916. The molecule has 0 aliphatic rings. The lowest BCUT2D eigenvalue weighted by atomic mass is 9.88. The van der Waals surface area contributed by atoms with Gasteiger partial charge in [-0.1, -0.05) is 59.3 Å². The Morgan fingerprint density at radius 2 is 1.35 bits per heavy atom. The second kappa shape index (κ2) is 11.8. The molecule has 0 heterocycles. The van der Waals surface area contributed by atoms with Crippen LogP contribution < -0.4 is 9.26 Å². The van der Waals surface area contributed by atoms with Gasteiger partial charge < -0.3 is 14.2 Å². The van der Waals surface area contributed by atoms with E-state index in [9.17, 15) is 4.57 Å². The predicted octanol–water partition coefficient (Wildman–Crippen LogP) is 6.23. The molecule has 0 unspecified atom stereocenters. The van der Waals surface area contributed by atoms with Crippen molar-refractivity contribution >= 4 is 34.9 Å². The molecule has 0 saturated heterocycles. The monoisotopic (exact) mass is 545 g/mol. The first-order valence-electron chi connectivity index (χ1n) is 10.9. The molecule has 0 spiro atoms. The molecule has 3 aromatic rings. The summed E-state index contributed by atoms with van der Waals surface area (Å²) in [7, 11) is -0.600. The zero-order valence-corrected chi connectivity index (χ0v) is 21.9. The van der Waals surface area contributed by atoms with Crippen LogP contribution in [0, 0.1) is 0 Å². The first kappa shape index (κ1) is 26.2. The normalized spacial score (nSPS) is 12.4. The number of likely N-dealkylation sites (N-methyl/N-ethyl adjacent to an activating group) is 1. The first-order valence-corrected chi connectivity index (χ1v) is 13.2. The number of hydrogen-bond donors (Lipinski definition) is 2. The molecule has 0 saturated carbocycles. The Labute approximate surface area is 209 Å². The van der Waals surface area contributed by atoms with Gasteiger partial charge in [0.1, 0.15) is 18.1 Å². The molecule has 2 N–H and O–H groups in total. The Bertz CT molecular complexity index is 1150. The molecule has 8 heteroatoms. The maximum absolute atomic E-state index is 11.2. The number of nitrogens with zero attached hydrogens (tertiary/aromatic N) is 1. The van der Waals surface area contributed by atoms with Gasteiger partial charge in [0.05, 0.1) is 0 Å². The third-order valence-corrected chi connectivity index (χ3v) is 6.14. The molecule has 180 valence electrons. The van der Waals surface area contributed by atoms with Gasteiger partial charge in [0.2, 0.25) is 0 Å². The Balaban J connectivity index is 2.04. The number of ether oxygens (including phenoxy) is 1. The third kappa shape index (κ3) is 7.55. The molecule has 0 bridgehead atoms. The summed E-state index contributed by atoms with van der Waals surface area (Å²) in [5, 5.41) is 0. The van der Waals surface area contributed by atoms with Crippen LogP contribution in [-0.2, 0) is 4.57 Å². The fraction of sp³-hybridized carbons (Fsp3) is 0.231. The average Bonchev–Trinajstić information content (AvgIpc) is 2.78. The second-order valence-electron chi connectivity index (χ2n) is 8.00. The topological polar surface area (TPSA) is 79.2 Å². The van der Waals surface area contributed by atoms with E-state index in [1.54, 1.807) is 12.1 Å². The van der Waals surface area contributed by atoms with Gasteiger partial charge in [-0.3, -0.25) is 9.79 Å². The van der Waals surface area contributed by atoms with E-state index >= 15 is 0 Å². The SMILES string of the molecule is CC/C(=C(/c1ccc(OCCN(C)C)cc1)c1ccc(OP(=O)(O)O)cc1)c1ccc(Br)cc1. The van der Waals surface area contributed by atoms with Crippen molar-refractivity contribution in [2.24, 2.45) is 0 Å². The molecular formula is C26H29BrNO5P. The zero-order valence-electron chi connectivity index (χ0n) is 19.4. The lowest BCUT2D eigenvalue weighted by molar-refractivity contribution is 0.261. The van der Waals surface area contributed by atoms with Crippen molar-refractivity contribution in [1.29, 1.82) is 0 Å². The number of rotatable bonds is 10. The van der Waals surface area contributed by atoms with E-state index in [0.29, 0.717) is 6.61 Å². The van der Waals surface area contributed by atoms with Crippen molar-refractivity contribution in [2.45, 2.75) is 13.3 Å². The molecule has 0 aliphatic carbocycles. The fourth-order valence-corrected chi connectivity index (χ4v) is 4.24. The van der Waals surface area contributed by atoms with Crippen LogP contribution >= 0.6 is 23.8 Å². The summed E-state index contributed by atoms with van der Waals surface area (Å²) < 4.78 is 22.8. The minimum absolute atomic E-state index is 0.114. The van der Waals surface area contributed by atoms with E-state index in [1.807, 2.05) is 62.6 Å². The summed E-state index contributed by atoms with van der Waals surface area (Å²) >= 11 is 3.50. The molecule has 6 nitrogen and oxygen atoms in total. The van der Waals surface area contributed by atoms with Crippen LogP contribution in [0.3, 0.4) is 0 Å². The molecule has 0 radical (unpaired) electrons. The minimum atomic E-state index is -4.62. The van der Waals surface area contributed by atoms with Crippen LogP contribution in [0.15, 0.2) is 77.3 Å². The van der Waals surface area contributed by atoms with E-state index in [4.69, 9.17) is 19.0 Å². The van der Waals surface area contributed by atoms with Gasteiger partial charge >= 0.3 is 7.82 Å². The van der Waals surface area contributed by atoms with Gasteiger partial charge in [0.25, 0.3) is 0 Å². The largest absolute Gasteiger partial charge is 0.524 e. The van der Waals surface area contributed by atoms with Crippen LogP contribution in [0.5, 0.6) is 11.5 Å². The molecule has 0 amide bonds. The number of allylic oxidation sites excluding steroid dienone is 1. The molecule has 0 aromatic heterocycles. The Morgan fingerprint density at radius 3 is 1.82 bits per heavy atom. The molecule has 0 fully saturated rings. The van der Waals surface area contributed by atoms with Crippen LogP contribution in [0.4, 0.5) is 0 Å². The molecule has 0 aliphatic heterocycles. The lowest BCUT2D eigenvalue weighted by Crippen LogP contribution is -2.19. The highest BCUT2D eigenvalue weighted by atomic mass is 79.9. The Morgan fingerprint density at radius 1 is 0.853 bits per heavy atom. The predicted molar refractivity (Wildman–Crippen MR) is 140 cm³/mol. The van der Waals surface area contributed by atoms with Crippen molar-refractivity contribution in [3.8, 4) is 11.5 Å². The average molecular weight is 546 g/mol. The lowest BCUT2D eigenvalue weighted by Gasteiger charge is -2.18. The maximum Gasteiger partial charge on any atom is 0.524 e. The van der Waals surface area contributed by atoms with Crippen LogP contribution in [0.25, 0.3) is 11.1 Å². The molecule has 0 atom stereocenters. The Hall–Kier alpha value is -2.41. The number of hydrogen-bond acceptors (Lipinski definition) is 4. The third-order valence-electron chi connectivity index (χ3n) is 5.17. The van der Waals surface area contributed by atoms with Gasteiger partial charge in [-0.25, -0.2) is 4.57 Å². The highest BCUT2D eigenvalue weighted by Gasteiger charge is 2.17. The molecule has 3 aromatic carbocycles. The van der Waals surface area contributed by atoms with E-state index in [0.717, 1.165) is 51.0 Å². The zero-order chi connectivity index (χ0) is 24.7. The minimum Gasteiger partial charge on any atom is -0.492 e. The highest BCUT2D eigenvalue weighted by Crippen LogP contribution is 2.39. The van der Waals surface area contributed by atoms with Crippen molar-refractivity contribution in [2.75, 3.05) is 27.2 Å². The van der Waals surface area contributed by atoms with Crippen molar-refractivity contribution < 1.29 is 23.6 Å². The van der Waals surface area contributed by atoms with E-state index in [-0.39, 0.29) is 5.75 Å². The summed E-state index contributed by atoms with van der Waals surface area (Å²) in [4.78, 5) is 20.3. The summed E-state index contributed by atoms with van der Waals surface area (Å²) in [6.45, 7) is 3.55. The quantitative estimate of drug-likeness (QED) is 0.232. The smallest absolute Gasteiger partial charge is 0.492 e. The standard InChI is InChI=1S/C26H29BrNO5P/c1-4-25(19-5-11-22(27)12-6-19)26(21-9-15-24(16-10-21)33-34(29,30)31)20-7-13-23(14-8-20)32-18-17-28(2)3/h5-16H,4,17-18H2,1-3H3,(H2,29,30,31)/b26-25+. The Kier molecular flexibility index (Phi) is 9.11. The van der Waals surface area contributed by atoms with Crippen molar-refractivity contribution in [1.82, 2.24) is 4.90 Å². The van der Waals surface area contributed by atoms with Gasteiger partial charge in [0, 0.05) is 11.0 Å². The van der Waals surface area contributed by atoms with Gasteiger partial charge in [0.15, 0.2) is 0 Å². The van der Waals surface area contributed by atoms with Gasteiger partial charge in [-0.15, -0.1) is 0 Å². The van der Waals surface area contributed by atoms with Gasteiger partial charge in [-0.2, -0.15) is 0 Å². The van der Waals surface area contributed by atoms with Crippen LogP contribution in [0.1, 0.15) is 30.0 Å². The molecule has 3 rings (SSSR count). The summed E-state index contributed by atoms with van der Waals surface area (Å²) in [6, 6.07) is 23.0. The summed E-state index contributed by atoms with van der Waals surface area (Å²) in [6.07, 6.45) is 0.790. The van der Waals surface area contributed by atoms with Crippen molar-refractivity contribution in [3.63, 3.8) is 0 Å². The van der Waals surface area contributed by atoms with Crippen LogP contribution in [-0.4, -0.2) is 41.9 Å². The van der Waals surface area contributed by atoms with Gasteiger partial charge in [-0.05, 0) is 84.8 Å². The fourth-order valence-electron chi connectivity index (χ4n) is 3.58. The summed E-state index contributed by atoms with van der Waals surface area (Å²) in [5.41, 5.74) is 5.22. The van der Waals surface area contributed by atoms with Crippen molar-refractivity contribution in [3.05, 3.63) is 94.0 Å². The highest BCUT2D eigenvalue weighted by molar-refractivity contribution is 9.10. The second-order valence-corrected chi connectivity index (χ2v) is 10.1. The number of phosphoric acid groups is 1. The van der Waals surface area contributed by atoms with E-state index in [2.05, 4.69) is 39.9 Å². The molecule has 34 heavy (non-hydrogen) atoms. The number of benzene rings is 3. The van der Waals surface area contributed by atoms with Crippen LogP contribution in [0.2, 0.25) is 0 Å². The number of phosphoric ester groups is 1. The van der Waals surface area contributed by atoms with E-state index < -0.39 is 7.82 Å².